The molecule has 0 radical (unpaired) electrons. The molecule has 0 spiro atoms. The van der Waals surface area contributed by atoms with E-state index >= 15 is 0 Å². The summed E-state index contributed by atoms with van der Waals surface area (Å²) < 4.78 is 15.7. The molecule has 0 bridgehead atoms. The molecule has 0 saturated carbocycles. The van der Waals surface area contributed by atoms with Gasteiger partial charge < -0.3 is 9.47 Å². The second-order valence-electron chi connectivity index (χ2n) is 7.41. The van der Waals surface area contributed by atoms with Crippen molar-refractivity contribution in [2.75, 3.05) is 10.7 Å². The minimum absolute atomic E-state index is 0.00552. The number of aromatic nitrogens is 4. The van der Waals surface area contributed by atoms with Crippen molar-refractivity contribution in [3.05, 3.63) is 54.1 Å². The van der Waals surface area contributed by atoms with E-state index in [1.807, 2.05) is 23.6 Å². The molecule has 3 aromatic rings. The van der Waals surface area contributed by atoms with Crippen LogP contribution in [0.1, 0.15) is 32.3 Å². The average molecular weight is 426 g/mol. The Labute approximate surface area is 179 Å². The fourth-order valence-electron chi connectivity index (χ4n) is 3.83. The molecule has 0 aliphatic carbocycles. The molecule has 0 unspecified atom stereocenters. The lowest BCUT2D eigenvalue weighted by Crippen LogP contribution is -2.43. The number of fused-ring (bicyclic) bond motifs is 1. The van der Waals surface area contributed by atoms with Crippen LogP contribution < -0.4 is 4.90 Å². The van der Waals surface area contributed by atoms with E-state index in [2.05, 4.69) is 22.1 Å². The molecule has 0 saturated heterocycles. The van der Waals surface area contributed by atoms with Gasteiger partial charge in [-0.15, -0.1) is 10.2 Å². The number of pyridine rings is 1. The summed E-state index contributed by atoms with van der Waals surface area (Å²) in [7, 11) is 0. The van der Waals surface area contributed by atoms with Crippen LogP contribution in [0.2, 0.25) is 0 Å². The zero-order valence-corrected chi connectivity index (χ0v) is 17.9. The third kappa shape index (κ3) is 4.09. The molecule has 2 aromatic heterocycles. The smallest absolute Gasteiger partial charge is 0.237 e. The van der Waals surface area contributed by atoms with Crippen molar-refractivity contribution in [1.29, 1.82) is 0 Å². The van der Waals surface area contributed by atoms with Gasteiger partial charge in [0.15, 0.2) is 11.0 Å². The number of halogens is 1. The largest absolute Gasteiger partial charge is 0.309 e. The van der Waals surface area contributed by atoms with E-state index in [0.29, 0.717) is 5.16 Å². The van der Waals surface area contributed by atoms with Crippen molar-refractivity contribution < 1.29 is 9.18 Å². The lowest BCUT2D eigenvalue weighted by atomic mass is 9.96. The van der Waals surface area contributed by atoms with Gasteiger partial charge in [0.1, 0.15) is 5.82 Å². The molecule has 4 rings (SSSR count). The van der Waals surface area contributed by atoms with Crippen LogP contribution in [0.4, 0.5) is 10.1 Å². The Kier molecular flexibility index (Phi) is 6.13. The lowest BCUT2D eigenvalue weighted by Gasteiger charge is -2.35. The van der Waals surface area contributed by atoms with E-state index < -0.39 is 0 Å². The predicted octanol–water partition coefficient (Wildman–Crippen LogP) is 4.35. The normalized spacial score (nSPS) is 15.8. The number of anilines is 1. The Morgan fingerprint density at radius 1 is 1.30 bits per heavy atom. The molecule has 0 fully saturated rings. The van der Waals surface area contributed by atoms with Gasteiger partial charge in [0, 0.05) is 36.2 Å². The molecule has 1 aliphatic rings. The molecule has 0 N–H and O–H groups in total. The molecule has 8 heteroatoms. The molecular weight excluding hydrogens is 401 g/mol. The van der Waals surface area contributed by atoms with Gasteiger partial charge in [-0.25, -0.2) is 4.39 Å². The monoisotopic (exact) mass is 425 g/mol. The number of hydrogen-bond acceptors (Lipinski definition) is 5. The van der Waals surface area contributed by atoms with E-state index in [-0.39, 0.29) is 23.5 Å². The van der Waals surface area contributed by atoms with Gasteiger partial charge in [-0.05, 0) is 62.1 Å². The second kappa shape index (κ2) is 8.95. The molecule has 1 aromatic carbocycles. The van der Waals surface area contributed by atoms with Crippen LogP contribution in [0.5, 0.6) is 0 Å². The minimum atomic E-state index is -0.263. The molecular formula is C22H24FN5OS. The highest BCUT2D eigenvalue weighted by Gasteiger charge is 2.29. The zero-order valence-electron chi connectivity index (χ0n) is 17.1. The number of carbonyl (C=O) groups excluding carboxylic acids is 1. The number of thioether (sulfide) groups is 1. The first-order chi connectivity index (χ1) is 14.6. The second-order valence-corrected chi connectivity index (χ2v) is 8.36. The Morgan fingerprint density at radius 3 is 2.93 bits per heavy atom. The van der Waals surface area contributed by atoms with Crippen molar-refractivity contribution in [3.63, 3.8) is 0 Å². The Morgan fingerprint density at radius 2 is 2.17 bits per heavy atom. The van der Waals surface area contributed by atoms with E-state index in [1.54, 1.807) is 23.4 Å². The standard InChI is InChI=1S/C22H24FN5OS/c1-3-11-27-21(17-5-4-10-24-13-17)25-26-22(27)30-14-20(29)28-15(2)6-7-16-12-18(23)8-9-19(16)28/h4-5,8-10,12-13,15H,3,6-7,11,14H2,1-2H3/t15-/m0/s1. The summed E-state index contributed by atoms with van der Waals surface area (Å²) in [5, 5.41) is 9.39. The maximum absolute atomic E-state index is 13.6. The van der Waals surface area contributed by atoms with Gasteiger partial charge in [0.25, 0.3) is 0 Å². The summed E-state index contributed by atoms with van der Waals surface area (Å²) in [4.78, 5) is 19.1. The quantitative estimate of drug-likeness (QED) is 0.550. The van der Waals surface area contributed by atoms with Crippen molar-refractivity contribution in [1.82, 2.24) is 19.7 Å². The average Bonchev–Trinajstić information content (AvgIpc) is 3.15. The Balaban J connectivity index is 1.54. The summed E-state index contributed by atoms with van der Waals surface area (Å²) in [5.41, 5.74) is 2.60. The molecule has 1 aliphatic heterocycles. The zero-order chi connectivity index (χ0) is 21.1. The number of benzene rings is 1. The maximum atomic E-state index is 13.6. The van der Waals surface area contributed by atoms with E-state index in [0.717, 1.165) is 48.4 Å². The van der Waals surface area contributed by atoms with Crippen molar-refractivity contribution in [2.24, 2.45) is 0 Å². The first-order valence-electron chi connectivity index (χ1n) is 10.2. The van der Waals surface area contributed by atoms with Crippen LogP contribution in [-0.2, 0) is 17.8 Å². The fourth-order valence-corrected chi connectivity index (χ4v) is 4.65. The maximum Gasteiger partial charge on any atom is 0.237 e. The fraction of sp³-hybridized carbons (Fsp3) is 0.364. The van der Waals surface area contributed by atoms with Crippen LogP contribution in [-0.4, -0.2) is 37.5 Å². The lowest BCUT2D eigenvalue weighted by molar-refractivity contribution is -0.116. The Bertz CT molecular complexity index is 1040. The van der Waals surface area contributed by atoms with Gasteiger partial charge in [-0.2, -0.15) is 0 Å². The van der Waals surface area contributed by atoms with Crippen LogP contribution in [0.15, 0.2) is 47.9 Å². The summed E-state index contributed by atoms with van der Waals surface area (Å²) in [5.74, 6) is 0.734. The molecule has 1 amide bonds. The summed E-state index contributed by atoms with van der Waals surface area (Å²) in [6, 6.07) is 8.57. The minimum Gasteiger partial charge on any atom is -0.309 e. The van der Waals surface area contributed by atoms with Crippen LogP contribution in [0.3, 0.4) is 0 Å². The van der Waals surface area contributed by atoms with E-state index in [1.165, 1.54) is 23.9 Å². The topological polar surface area (TPSA) is 63.9 Å². The molecule has 156 valence electrons. The Hall–Kier alpha value is -2.74. The molecule has 30 heavy (non-hydrogen) atoms. The third-order valence-corrected chi connectivity index (χ3v) is 6.20. The van der Waals surface area contributed by atoms with Crippen LogP contribution in [0, 0.1) is 5.82 Å². The number of hydrogen-bond donors (Lipinski definition) is 0. The highest BCUT2D eigenvalue weighted by Crippen LogP contribution is 2.32. The van der Waals surface area contributed by atoms with Crippen molar-refractivity contribution >= 4 is 23.4 Å². The predicted molar refractivity (Wildman–Crippen MR) is 116 cm³/mol. The van der Waals surface area contributed by atoms with Gasteiger partial charge >= 0.3 is 0 Å². The molecule has 3 heterocycles. The van der Waals surface area contributed by atoms with Gasteiger partial charge in [-0.1, -0.05) is 18.7 Å². The number of nitrogens with zero attached hydrogens (tertiary/aromatic N) is 5. The summed E-state index contributed by atoms with van der Waals surface area (Å²) in [6.45, 7) is 4.89. The molecule has 6 nitrogen and oxygen atoms in total. The van der Waals surface area contributed by atoms with E-state index in [4.69, 9.17) is 0 Å². The van der Waals surface area contributed by atoms with Crippen molar-refractivity contribution in [2.45, 2.75) is 50.9 Å². The number of rotatable bonds is 6. The number of carbonyl (C=O) groups is 1. The van der Waals surface area contributed by atoms with E-state index in [9.17, 15) is 9.18 Å². The van der Waals surface area contributed by atoms with Crippen LogP contribution >= 0.6 is 11.8 Å². The SMILES string of the molecule is CCCn1c(SCC(=O)N2c3ccc(F)cc3CC[C@@H]2C)nnc1-c1cccnc1. The highest BCUT2D eigenvalue weighted by molar-refractivity contribution is 7.99. The van der Waals surface area contributed by atoms with Gasteiger partial charge in [0.2, 0.25) is 5.91 Å². The first-order valence-corrected chi connectivity index (χ1v) is 11.1. The number of aryl methyl sites for hydroxylation is 1. The summed E-state index contributed by atoms with van der Waals surface area (Å²) in [6.07, 6.45) is 6.02. The highest BCUT2D eigenvalue weighted by atomic mass is 32.2. The van der Waals surface area contributed by atoms with Gasteiger partial charge in [0.05, 0.1) is 5.75 Å². The van der Waals surface area contributed by atoms with Crippen LogP contribution in [0.25, 0.3) is 11.4 Å². The number of amides is 1. The molecule has 1 atom stereocenters. The first kappa shape index (κ1) is 20.5. The van der Waals surface area contributed by atoms with Crippen molar-refractivity contribution in [3.8, 4) is 11.4 Å². The van der Waals surface area contributed by atoms with Gasteiger partial charge in [-0.3, -0.25) is 9.78 Å². The third-order valence-electron chi connectivity index (χ3n) is 5.25. The summed E-state index contributed by atoms with van der Waals surface area (Å²) >= 11 is 1.39.